The summed E-state index contributed by atoms with van der Waals surface area (Å²) in [5, 5.41) is 4.16. The van der Waals surface area contributed by atoms with Crippen LogP contribution in [0.25, 0.3) is 0 Å². The second-order valence-corrected chi connectivity index (χ2v) is 6.65. The quantitative estimate of drug-likeness (QED) is 0.867. The van der Waals surface area contributed by atoms with Gasteiger partial charge in [0.1, 0.15) is 17.8 Å². The zero-order chi connectivity index (χ0) is 16.9. The van der Waals surface area contributed by atoms with Crippen molar-refractivity contribution >= 4 is 40.6 Å². The van der Waals surface area contributed by atoms with Crippen LogP contribution in [0.5, 0.6) is 0 Å². The van der Waals surface area contributed by atoms with E-state index in [9.17, 15) is 4.79 Å². The molecule has 1 fully saturated rings. The largest absolute Gasteiger partial charge is 0.340 e. The van der Waals surface area contributed by atoms with Crippen molar-refractivity contribution in [2.45, 2.75) is 25.7 Å². The summed E-state index contributed by atoms with van der Waals surface area (Å²) in [4.78, 5) is 22.8. The lowest BCUT2D eigenvalue weighted by Gasteiger charge is -2.19. The predicted octanol–water partition coefficient (Wildman–Crippen LogP) is 4.54. The molecule has 3 rings (SSSR count). The van der Waals surface area contributed by atoms with Crippen molar-refractivity contribution in [2.24, 2.45) is 0 Å². The Kier molecular flexibility index (Phi) is 5.53. The monoisotopic (exact) mass is 364 g/mol. The van der Waals surface area contributed by atoms with Crippen molar-refractivity contribution in [3.63, 3.8) is 0 Å². The fourth-order valence-electron chi connectivity index (χ4n) is 2.75. The first-order chi connectivity index (χ1) is 11.6. The Morgan fingerprint density at radius 1 is 0.958 bits per heavy atom. The molecule has 0 unspecified atom stereocenters. The number of hydrogen-bond acceptors (Lipinski definition) is 4. The van der Waals surface area contributed by atoms with Gasteiger partial charge in [-0.1, -0.05) is 36.0 Å². The summed E-state index contributed by atoms with van der Waals surface area (Å²) in [6, 6.07) is 6.79. The molecule has 7 heteroatoms. The van der Waals surface area contributed by atoms with Gasteiger partial charge in [-0.2, -0.15) is 0 Å². The maximum atomic E-state index is 12.6. The molecule has 0 saturated carbocycles. The first kappa shape index (κ1) is 17.0. The number of halogens is 2. The number of carbonyl (C=O) groups is 1. The van der Waals surface area contributed by atoms with E-state index in [1.807, 2.05) is 4.90 Å². The average molecular weight is 365 g/mol. The molecule has 0 bridgehead atoms. The van der Waals surface area contributed by atoms with Gasteiger partial charge in [-0.15, -0.1) is 0 Å². The van der Waals surface area contributed by atoms with Gasteiger partial charge in [0.15, 0.2) is 0 Å². The number of likely N-dealkylation sites (tertiary alicyclic amines) is 1. The van der Waals surface area contributed by atoms with Crippen LogP contribution in [0.4, 0.5) is 11.5 Å². The maximum absolute atomic E-state index is 12.6. The highest BCUT2D eigenvalue weighted by Crippen LogP contribution is 2.24. The van der Waals surface area contributed by atoms with E-state index in [4.69, 9.17) is 23.2 Å². The first-order valence-electron chi connectivity index (χ1n) is 7.96. The molecule has 1 aliphatic heterocycles. The SMILES string of the molecule is O=C(c1cc(Nc2cc(Cl)cc(Cl)c2)ncn1)N1CCCCCC1. The molecule has 1 aromatic carbocycles. The van der Waals surface area contributed by atoms with Crippen molar-refractivity contribution in [3.05, 3.63) is 46.3 Å². The summed E-state index contributed by atoms with van der Waals surface area (Å²) in [6.45, 7) is 1.57. The van der Waals surface area contributed by atoms with Crippen LogP contribution in [0.3, 0.4) is 0 Å². The number of carbonyl (C=O) groups excluding carboxylic acids is 1. The number of rotatable bonds is 3. The van der Waals surface area contributed by atoms with E-state index >= 15 is 0 Å². The molecule has 0 radical (unpaired) electrons. The molecule has 24 heavy (non-hydrogen) atoms. The lowest BCUT2D eigenvalue weighted by Crippen LogP contribution is -2.32. The number of amides is 1. The number of nitrogens with one attached hydrogen (secondary N) is 1. The number of aromatic nitrogens is 2. The molecule has 1 aromatic heterocycles. The van der Waals surface area contributed by atoms with Crippen molar-refractivity contribution in [1.82, 2.24) is 14.9 Å². The fourth-order valence-corrected chi connectivity index (χ4v) is 3.28. The summed E-state index contributed by atoms with van der Waals surface area (Å²) in [5.74, 6) is 0.480. The van der Waals surface area contributed by atoms with Crippen molar-refractivity contribution in [3.8, 4) is 0 Å². The summed E-state index contributed by atoms with van der Waals surface area (Å²) < 4.78 is 0. The molecule has 1 aliphatic rings. The Morgan fingerprint density at radius 2 is 1.62 bits per heavy atom. The third-order valence-corrected chi connectivity index (χ3v) is 4.35. The van der Waals surface area contributed by atoms with Crippen molar-refractivity contribution in [1.29, 1.82) is 0 Å². The van der Waals surface area contributed by atoms with Gasteiger partial charge in [0, 0.05) is 34.9 Å². The molecular formula is C17H18Cl2N4O. The van der Waals surface area contributed by atoms with E-state index in [1.54, 1.807) is 24.3 Å². The summed E-state index contributed by atoms with van der Waals surface area (Å²) in [5.41, 5.74) is 1.10. The number of anilines is 2. The maximum Gasteiger partial charge on any atom is 0.272 e. The Morgan fingerprint density at radius 3 is 2.29 bits per heavy atom. The molecule has 1 amide bonds. The van der Waals surface area contributed by atoms with Crippen LogP contribution in [0, 0.1) is 0 Å². The van der Waals surface area contributed by atoms with Crippen LogP contribution in [0.2, 0.25) is 10.0 Å². The predicted molar refractivity (Wildman–Crippen MR) is 96.1 cm³/mol. The van der Waals surface area contributed by atoms with E-state index in [-0.39, 0.29) is 5.91 Å². The molecular weight excluding hydrogens is 347 g/mol. The Balaban J connectivity index is 1.77. The number of hydrogen-bond donors (Lipinski definition) is 1. The summed E-state index contributed by atoms with van der Waals surface area (Å²) >= 11 is 12.0. The molecule has 126 valence electrons. The number of benzene rings is 1. The lowest BCUT2D eigenvalue weighted by molar-refractivity contribution is 0.0755. The zero-order valence-corrected chi connectivity index (χ0v) is 14.6. The highest BCUT2D eigenvalue weighted by molar-refractivity contribution is 6.35. The van der Waals surface area contributed by atoms with Gasteiger partial charge in [-0.05, 0) is 31.0 Å². The van der Waals surface area contributed by atoms with Gasteiger partial charge < -0.3 is 10.2 Å². The van der Waals surface area contributed by atoms with Gasteiger partial charge in [0.2, 0.25) is 0 Å². The minimum Gasteiger partial charge on any atom is -0.340 e. The van der Waals surface area contributed by atoms with Crippen LogP contribution in [0.1, 0.15) is 36.2 Å². The van der Waals surface area contributed by atoms with E-state index in [0.29, 0.717) is 27.2 Å². The molecule has 0 atom stereocenters. The average Bonchev–Trinajstić information content (AvgIpc) is 2.82. The van der Waals surface area contributed by atoms with Crippen LogP contribution < -0.4 is 5.32 Å². The Hall–Kier alpha value is -1.85. The van der Waals surface area contributed by atoms with Crippen molar-refractivity contribution in [2.75, 3.05) is 18.4 Å². The Labute approximate surface area is 151 Å². The highest BCUT2D eigenvalue weighted by Gasteiger charge is 2.19. The second-order valence-electron chi connectivity index (χ2n) is 5.78. The van der Waals surface area contributed by atoms with Gasteiger partial charge in [0.05, 0.1) is 0 Å². The standard InChI is InChI=1S/C17H18Cl2N4O/c18-12-7-13(19)9-14(8-12)22-16-10-15(20-11-21-16)17(24)23-5-3-1-2-4-6-23/h7-11H,1-6H2,(H,20,21,22). The van der Waals surface area contributed by atoms with Gasteiger partial charge >= 0.3 is 0 Å². The van der Waals surface area contributed by atoms with E-state index < -0.39 is 0 Å². The minimum absolute atomic E-state index is 0.0496. The van der Waals surface area contributed by atoms with Crippen LogP contribution >= 0.6 is 23.2 Å². The molecule has 0 spiro atoms. The molecule has 5 nitrogen and oxygen atoms in total. The smallest absolute Gasteiger partial charge is 0.272 e. The first-order valence-corrected chi connectivity index (χ1v) is 8.72. The third-order valence-electron chi connectivity index (χ3n) is 3.91. The fraction of sp³-hybridized carbons (Fsp3) is 0.353. The minimum atomic E-state index is -0.0496. The van der Waals surface area contributed by atoms with Crippen LogP contribution in [-0.4, -0.2) is 33.9 Å². The Bertz CT molecular complexity index is 710. The highest BCUT2D eigenvalue weighted by atomic mass is 35.5. The van der Waals surface area contributed by atoms with Crippen molar-refractivity contribution < 1.29 is 4.79 Å². The second kappa shape index (κ2) is 7.81. The summed E-state index contributed by atoms with van der Waals surface area (Å²) in [7, 11) is 0. The summed E-state index contributed by atoms with van der Waals surface area (Å²) in [6.07, 6.45) is 5.83. The van der Waals surface area contributed by atoms with E-state index in [2.05, 4.69) is 15.3 Å². The van der Waals surface area contributed by atoms with Crippen LogP contribution in [-0.2, 0) is 0 Å². The molecule has 0 aliphatic carbocycles. The third kappa shape index (κ3) is 4.36. The van der Waals surface area contributed by atoms with Gasteiger partial charge in [-0.25, -0.2) is 9.97 Å². The van der Waals surface area contributed by atoms with Gasteiger partial charge in [0.25, 0.3) is 5.91 Å². The van der Waals surface area contributed by atoms with E-state index in [1.165, 1.54) is 19.2 Å². The zero-order valence-electron chi connectivity index (χ0n) is 13.1. The molecule has 2 aromatic rings. The van der Waals surface area contributed by atoms with Gasteiger partial charge in [-0.3, -0.25) is 4.79 Å². The molecule has 2 heterocycles. The van der Waals surface area contributed by atoms with Crippen LogP contribution in [0.15, 0.2) is 30.6 Å². The normalized spacial score (nSPS) is 15.0. The number of nitrogens with zero attached hydrogens (tertiary/aromatic N) is 3. The lowest BCUT2D eigenvalue weighted by atomic mass is 10.2. The molecule has 1 N–H and O–H groups in total. The van der Waals surface area contributed by atoms with E-state index in [0.717, 1.165) is 25.9 Å². The topological polar surface area (TPSA) is 58.1 Å². The molecule has 1 saturated heterocycles.